The molecule has 0 radical (unpaired) electrons. The van der Waals surface area contributed by atoms with Crippen molar-refractivity contribution >= 4 is 11.9 Å². The average Bonchev–Trinajstić information content (AvgIpc) is 3.33. The summed E-state index contributed by atoms with van der Waals surface area (Å²) >= 11 is 0. The van der Waals surface area contributed by atoms with E-state index in [1.165, 1.54) is 57.8 Å². The molecule has 11 atom stereocenters. The van der Waals surface area contributed by atoms with Crippen LogP contribution in [0.1, 0.15) is 168 Å². The topological polar surface area (TPSA) is 231 Å². The predicted octanol–water partition coefficient (Wildman–Crippen LogP) is 7.27. The summed E-state index contributed by atoms with van der Waals surface area (Å²) in [5, 5.41) is 72.0. The standard InChI is InChI=1S/C53H90O15/c1-3-5-7-9-11-13-15-17-18-19-20-21-22-24-25-27-29-31-33-35-44(55)63-38-41(66-45(56)36-34-32-30-28-26-23-16-14-12-10-8-6-4-2)39-64-52-51(62)49(60)47(58)43(68-52)40-65-53-50(61)48(59)46(57)42(37-54)67-53/h11,13,17-18,20-21,23-26,41-43,46-54,57-62H,3-10,12,14-16,19,22,27-40H2,1-2H3/b13-11+,18-17+,21-20+,25-24+,26-23+/t41-,42+,43+,46-,47-,48?,49?,50?,51?,52+,53+/m0/s1. The fourth-order valence-electron chi connectivity index (χ4n) is 7.66. The summed E-state index contributed by atoms with van der Waals surface area (Å²) in [7, 11) is 0. The van der Waals surface area contributed by atoms with E-state index < -0.39 is 99.3 Å². The summed E-state index contributed by atoms with van der Waals surface area (Å²) in [6.07, 6.45) is 28.2. The molecule has 2 fully saturated rings. The molecule has 15 heteroatoms. The van der Waals surface area contributed by atoms with E-state index in [4.69, 9.17) is 28.4 Å². The van der Waals surface area contributed by atoms with Crippen molar-refractivity contribution in [1.82, 2.24) is 0 Å². The number of ether oxygens (including phenoxy) is 6. The predicted molar refractivity (Wildman–Crippen MR) is 261 cm³/mol. The van der Waals surface area contributed by atoms with Gasteiger partial charge in [-0.15, -0.1) is 0 Å². The Morgan fingerprint density at radius 1 is 0.471 bits per heavy atom. The molecule has 0 aromatic heterocycles. The van der Waals surface area contributed by atoms with E-state index in [2.05, 4.69) is 74.6 Å². The highest BCUT2D eigenvalue weighted by atomic mass is 16.7. The van der Waals surface area contributed by atoms with Crippen LogP contribution in [0.4, 0.5) is 0 Å². The number of aliphatic hydroxyl groups excluding tert-OH is 7. The molecule has 7 N–H and O–H groups in total. The second-order valence-electron chi connectivity index (χ2n) is 18.0. The van der Waals surface area contributed by atoms with Crippen LogP contribution < -0.4 is 0 Å². The number of carbonyl (C=O) groups is 2. The highest BCUT2D eigenvalue weighted by Gasteiger charge is 2.47. The largest absolute Gasteiger partial charge is 0.462 e. The molecule has 0 amide bonds. The maximum absolute atomic E-state index is 13.0. The van der Waals surface area contributed by atoms with Gasteiger partial charge in [0, 0.05) is 12.8 Å². The fourth-order valence-corrected chi connectivity index (χ4v) is 7.66. The summed E-state index contributed by atoms with van der Waals surface area (Å²) in [5.74, 6) is -0.984. The van der Waals surface area contributed by atoms with Gasteiger partial charge in [-0.2, -0.15) is 0 Å². The number of allylic oxidation sites excluding steroid dienone is 10. The normalized spacial score (nSPS) is 26.2. The first-order valence-corrected chi connectivity index (χ1v) is 25.9. The number of esters is 2. The van der Waals surface area contributed by atoms with Gasteiger partial charge in [-0.25, -0.2) is 0 Å². The number of hydrogen-bond acceptors (Lipinski definition) is 15. The van der Waals surface area contributed by atoms with E-state index in [1.54, 1.807) is 0 Å². The third-order valence-electron chi connectivity index (χ3n) is 12.0. The molecule has 0 aromatic carbocycles. The quantitative estimate of drug-likeness (QED) is 0.0183. The maximum Gasteiger partial charge on any atom is 0.306 e. The van der Waals surface area contributed by atoms with Gasteiger partial charge in [0.15, 0.2) is 18.7 Å². The molecule has 0 aromatic rings. The van der Waals surface area contributed by atoms with Crippen molar-refractivity contribution in [3.63, 3.8) is 0 Å². The third kappa shape index (κ3) is 27.6. The van der Waals surface area contributed by atoms with Gasteiger partial charge in [0.25, 0.3) is 0 Å². The molecule has 2 saturated heterocycles. The van der Waals surface area contributed by atoms with Crippen LogP contribution >= 0.6 is 0 Å². The first-order valence-electron chi connectivity index (χ1n) is 25.9. The van der Waals surface area contributed by atoms with Crippen molar-refractivity contribution < 1.29 is 73.8 Å². The van der Waals surface area contributed by atoms with E-state index in [1.807, 2.05) is 0 Å². The summed E-state index contributed by atoms with van der Waals surface area (Å²) in [5.41, 5.74) is 0. The number of hydrogen-bond donors (Lipinski definition) is 7. The van der Waals surface area contributed by atoms with Crippen LogP contribution in [0.25, 0.3) is 0 Å². The van der Waals surface area contributed by atoms with Crippen LogP contribution in [0.3, 0.4) is 0 Å². The molecule has 2 heterocycles. The van der Waals surface area contributed by atoms with E-state index >= 15 is 0 Å². The van der Waals surface area contributed by atoms with Crippen molar-refractivity contribution in [2.75, 3.05) is 26.4 Å². The van der Waals surface area contributed by atoms with Crippen LogP contribution in [0, 0.1) is 0 Å². The summed E-state index contributed by atoms with van der Waals surface area (Å²) in [6, 6.07) is 0. The number of rotatable bonds is 39. The van der Waals surface area contributed by atoms with Crippen LogP contribution in [0.2, 0.25) is 0 Å². The first-order chi connectivity index (χ1) is 33.0. The van der Waals surface area contributed by atoms with Gasteiger partial charge < -0.3 is 64.2 Å². The zero-order valence-corrected chi connectivity index (χ0v) is 41.3. The van der Waals surface area contributed by atoms with Gasteiger partial charge in [0.2, 0.25) is 0 Å². The molecule has 2 aliphatic rings. The van der Waals surface area contributed by atoms with Crippen LogP contribution in [0.15, 0.2) is 60.8 Å². The molecule has 0 aliphatic carbocycles. The smallest absolute Gasteiger partial charge is 0.306 e. The Kier molecular flexibility index (Phi) is 36.0. The third-order valence-corrected chi connectivity index (χ3v) is 12.0. The minimum absolute atomic E-state index is 0.135. The van der Waals surface area contributed by atoms with Gasteiger partial charge >= 0.3 is 11.9 Å². The van der Waals surface area contributed by atoms with Gasteiger partial charge in [0.05, 0.1) is 19.8 Å². The molecule has 392 valence electrons. The Hall–Kier alpha value is -2.80. The lowest BCUT2D eigenvalue weighted by atomic mass is 9.98. The highest BCUT2D eigenvalue weighted by Crippen LogP contribution is 2.26. The second-order valence-corrected chi connectivity index (χ2v) is 18.0. The Labute approximate surface area is 407 Å². The van der Waals surface area contributed by atoms with E-state index in [0.717, 1.165) is 70.6 Å². The Balaban J connectivity index is 1.82. The van der Waals surface area contributed by atoms with Gasteiger partial charge in [-0.05, 0) is 83.5 Å². The molecule has 2 rings (SSSR count). The lowest BCUT2D eigenvalue weighted by molar-refractivity contribution is -0.332. The second kappa shape index (κ2) is 39.9. The van der Waals surface area contributed by atoms with E-state index in [9.17, 15) is 45.3 Å². The van der Waals surface area contributed by atoms with Crippen molar-refractivity contribution in [2.24, 2.45) is 0 Å². The van der Waals surface area contributed by atoms with E-state index in [-0.39, 0.29) is 19.4 Å². The molecule has 2 aliphatic heterocycles. The first kappa shape index (κ1) is 61.3. The lowest BCUT2D eigenvalue weighted by Crippen LogP contribution is -2.61. The maximum atomic E-state index is 13.0. The molecule has 4 unspecified atom stereocenters. The lowest BCUT2D eigenvalue weighted by Gasteiger charge is -2.42. The van der Waals surface area contributed by atoms with E-state index in [0.29, 0.717) is 12.8 Å². The Morgan fingerprint density at radius 3 is 1.43 bits per heavy atom. The zero-order valence-electron chi connectivity index (χ0n) is 41.3. The van der Waals surface area contributed by atoms with Crippen molar-refractivity contribution in [3.05, 3.63) is 60.8 Å². The molecule has 68 heavy (non-hydrogen) atoms. The van der Waals surface area contributed by atoms with Crippen molar-refractivity contribution in [3.8, 4) is 0 Å². The molecule has 0 saturated carbocycles. The molecule has 0 bridgehead atoms. The minimum Gasteiger partial charge on any atom is -0.462 e. The number of carbonyl (C=O) groups excluding carboxylic acids is 2. The fraction of sp³-hybridized carbons (Fsp3) is 0.774. The molecular formula is C53H90O15. The zero-order chi connectivity index (χ0) is 49.6. The number of aliphatic hydroxyl groups is 7. The van der Waals surface area contributed by atoms with Crippen LogP contribution in [0.5, 0.6) is 0 Å². The SMILES string of the molecule is CCCCC/C=C/C/C=C/C/C=C/C/C=C/CCCCCC(=O)OC[C@@H](CO[C@@H]1O[C@H](CO[C@@H]2O[C@H](CO)[C@H](O)C(O)C2O)[C@H](O)C(O)C1O)OC(=O)CCCCC/C=C/CCCCCCCC. The van der Waals surface area contributed by atoms with Crippen molar-refractivity contribution in [2.45, 2.75) is 235 Å². The summed E-state index contributed by atoms with van der Waals surface area (Å²) in [6.45, 7) is 2.49. The number of unbranched alkanes of at least 4 members (excludes halogenated alkanes) is 15. The van der Waals surface area contributed by atoms with Crippen LogP contribution in [-0.4, -0.2) is 142 Å². The van der Waals surface area contributed by atoms with Gasteiger partial charge in [-0.1, -0.05) is 132 Å². The monoisotopic (exact) mass is 967 g/mol. The minimum atomic E-state index is -1.77. The molecular weight excluding hydrogens is 877 g/mol. The summed E-state index contributed by atoms with van der Waals surface area (Å²) < 4.78 is 33.5. The Bertz CT molecular complexity index is 1420. The van der Waals surface area contributed by atoms with Gasteiger partial charge in [0.1, 0.15) is 55.4 Å². The Morgan fingerprint density at radius 2 is 0.882 bits per heavy atom. The van der Waals surface area contributed by atoms with Crippen LogP contribution in [-0.2, 0) is 38.0 Å². The average molecular weight is 967 g/mol. The summed E-state index contributed by atoms with van der Waals surface area (Å²) in [4.78, 5) is 25.7. The molecule has 15 nitrogen and oxygen atoms in total. The molecule has 0 spiro atoms. The highest BCUT2D eigenvalue weighted by molar-refractivity contribution is 5.70. The van der Waals surface area contributed by atoms with Gasteiger partial charge in [-0.3, -0.25) is 9.59 Å². The van der Waals surface area contributed by atoms with Crippen molar-refractivity contribution in [1.29, 1.82) is 0 Å².